The Morgan fingerprint density at radius 1 is 1.40 bits per heavy atom. The Balaban J connectivity index is 2.29. The average molecular weight is 213 g/mol. The van der Waals surface area contributed by atoms with E-state index in [4.69, 9.17) is 4.74 Å². The van der Waals surface area contributed by atoms with E-state index in [1.165, 1.54) is 25.7 Å². The molecule has 0 saturated carbocycles. The Kier molecular flexibility index (Phi) is 5.62. The molecule has 15 heavy (non-hydrogen) atoms. The van der Waals surface area contributed by atoms with Crippen LogP contribution in [-0.2, 0) is 4.74 Å². The first kappa shape index (κ1) is 13.0. The number of nitrogens with one attached hydrogen (secondary N) is 1. The number of rotatable bonds is 7. The van der Waals surface area contributed by atoms with Crippen molar-refractivity contribution in [2.24, 2.45) is 11.3 Å². The van der Waals surface area contributed by atoms with Crippen molar-refractivity contribution in [3.63, 3.8) is 0 Å². The van der Waals surface area contributed by atoms with E-state index in [1.807, 2.05) is 0 Å². The summed E-state index contributed by atoms with van der Waals surface area (Å²) in [5, 5.41) is 3.60. The van der Waals surface area contributed by atoms with Gasteiger partial charge in [0.1, 0.15) is 0 Å². The van der Waals surface area contributed by atoms with Crippen LogP contribution in [0.25, 0.3) is 0 Å². The first-order chi connectivity index (χ1) is 7.18. The molecule has 0 radical (unpaired) electrons. The molecule has 0 amide bonds. The second-order valence-corrected chi connectivity index (χ2v) is 5.43. The van der Waals surface area contributed by atoms with Crippen LogP contribution < -0.4 is 5.32 Å². The quantitative estimate of drug-likeness (QED) is 0.702. The van der Waals surface area contributed by atoms with E-state index in [2.05, 4.69) is 26.1 Å². The molecule has 1 atom stereocenters. The SMILES string of the molecule is CCCCC1(CNCC(C)C)CCOC1. The van der Waals surface area contributed by atoms with Gasteiger partial charge in [0.05, 0.1) is 6.61 Å². The lowest BCUT2D eigenvalue weighted by molar-refractivity contribution is 0.141. The van der Waals surface area contributed by atoms with Crippen molar-refractivity contribution >= 4 is 0 Å². The van der Waals surface area contributed by atoms with Crippen molar-refractivity contribution in [1.82, 2.24) is 5.32 Å². The molecule has 90 valence electrons. The summed E-state index contributed by atoms with van der Waals surface area (Å²) in [6, 6.07) is 0. The van der Waals surface area contributed by atoms with Gasteiger partial charge in [0.2, 0.25) is 0 Å². The van der Waals surface area contributed by atoms with Crippen molar-refractivity contribution in [3.05, 3.63) is 0 Å². The third kappa shape index (κ3) is 4.52. The van der Waals surface area contributed by atoms with Gasteiger partial charge < -0.3 is 10.1 Å². The van der Waals surface area contributed by atoms with E-state index < -0.39 is 0 Å². The monoisotopic (exact) mass is 213 g/mol. The fourth-order valence-corrected chi connectivity index (χ4v) is 2.25. The van der Waals surface area contributed by atoms with Crippen LogP contribution >= 0.6 is 0 Å². The zero-order valence-corrected chi connectivity index (χ0v) is 10.6. The molecular weight excluding hydrogens is 186 g/mol. The molecule has 1 unspecified atom stereocenters. The Morgan fingerprint density at radius 2 is 2.20 bits per heavy atom. The van der Waals surface area contributed by atoms with Crippen LogP contribution in [0.4, 0.5) is 0 Å². The summed E-state index contributed by atoms with van der Waals surface area (Å²) in [6.07, 6.45) is 5.21. The summed E-state index contributed by atoms with van der Waals surface area (Å²) in [5.74, 6) is 0.746. The maximum absolute atomic E-state index is 5.58. The van der Waals surface area contributed by atoms with Gasteiger partial charge >= 0.3 is 0 Å². The highest BCUT2D eigenvalue weighted by Crippen LogP contribution is 2.33. The molecule has 0 aromatic carbocycles. The lowest BCUT2D eigenvalue weighted by atomic mass is 9.82. The maximum atomic E-state index is 5.58. The molecule has 2 heteroatoms. The van der Waals surface area contributed by atoms with Crippen molar-refractivity contribution < 1.29 is 4.74 Å². The molecule has 1 aliphatic rings. The van der Waals surface area contributed by atoms with Crippen molar-refractivity contribution in [2.75, 3.05) is 26.3 Å². The second kappa shape index (κ2) is 6.49. The van der Waals surface area contributed by atoms with Crippen LogP contribution in [0.3, 0.4) is 0 Å². The lowest BCUT2D eigenvalue weighted by Crippen LogP contribution is -2.36. The van der Waals surface area contributed by atoms with Gasteiger partial charge in [0, 0.05) is 18.6 Å². The van der Waals surface area contributed by atoms with Crippen LogP contribution in [0, 0.1) is 11.3 Å². The molecule has 1 heterocycles. The zero-order chi connectivity index (χ0) is 11.1. The third-order valence-corrected chi connectivity index (χ3v) is 3.30. The summed E-state index contributed by atoms with van der Waals surface area (Å²) in [6.45, 7) is 11.0. The first-order valence-corrected chi connectivity index (χ1v) is 6.47. The zero-order valence-electron chi connectivity index (χ0n) is 10.6. The fraction of sp³-hybridized carbons (Fsp3) is 1.00. The van der Waals surface area contributed by atoms with Gasteiger partial charge in [-0.3, -0.25) is 0 Å². The van der Waals surface area contributed by atoms with Crippen LogP contribution in [0.5, 0.6) is 0 Å². The molecule has 1 rings (SSSR count). The van der Waals surface area contributed by atoms with Gasteiger partial charge in [0.15, 0.2) is 0 Å². The molecule has 1 fully saturated rings. The standard InChI is InChI=1S/C13H27NO/c1-4-5-6-13(7-8-15-11-13)10-14-9-12(2)3/h12,14H,4-11H2,1-3H3. The second-order valence-electron chi connectivity index (χ2n) is 5.43. The van der Waals surface area contributed by atoms with Gasteiger partial charge in [-0.25, -0.2) is 0 Å². The van der Waals surface area contributed by atoms with E-state index in [-0.39, 0.29) is 0 Å². The minimum absolute atomic E-state index is 0.449. The van der Waals surface area contributed by atoms with E-state index in [9.17, 15) is 0 Å². The Bertz CT molecular complexity index is 162. The van der Waals surface area contributed by atoms with Gasteiger partial charge in [0.25, 0.3) is 0 Å². The van der Waals surface area contributed by atoms with E-state index >= 15 is 0 Å². The molecule has 0 aliphatic carbocycles. The number of hydrogen-bond acceptors (Lipinski definition) is 2. The summed E-state index contributed by atoms with van der Waals surface area (Å²) in [7, 11) is 0. The lowest BCUT2D eigenvalue weighted by Gasteiger charge is -2.28. The largest absolute Gasteiger partial charge is 0.381 e. The summed E-state index contributed by atoms with van der Waals surface area (Å²) < 4.78 is 5.58. The highest BCUT2D eigenvalue weighted by Gasteiger charge is 2.33. The predicted molar refractivity (Wildman–Crippen MR) is 65.1 cm³/mol. The van der Waals surface area contributed by atoms with E-state index in [0.717, 1.165) is 32.2 Å². The predicted octanol–water partition coefficient (Wildman–Crippen LogP) is 2.83. The fourth-order valence-electron chi connectivity index (χ4n) is 2.25. The minimum Gasteiger partial charge on any atom is -0.381 e. The van der Waals surface area contributed by atoms with Crippen LogP contribution in [0.2, 0.25) is 0 Å². The normalized spacial score (nSPS) is 26.4. The Labute approximate surface area is 94.8 Å². The van der Waals surface area contributed by atoms with Crippen molar-refractivity contribution in [1.29, 1.82) is 0 Å². The highest BCUT2D eigenvalue weighted by atomic mass is 16.5. The molecule has 0 bridgehead atoms. The Hall–Kier alpha value is -0.0800. The van der Waals surface area contributed by atoms with E-state index in [1.54, 1.807) is 0 Å². The van der Waals surface area contributed by atoms with Gasteiger partial charge in [-0.15, -0.1) is 0 Å². The molecule has 0 aromatic rings. The summed E-state index contributed by atoms with van der Waals surface area (Å²) in [5.41, 5.74) is 0.449. The third-order valence-electron chi connectivity index (χ3n) is 3.30. The molecule has 1 saturated heterocycles. The molecular formula is C13H27NO. The number of ether oxygens (including phenoxy) is 1. The van der Waals surface area contributed by atoms with Crippen molar-refractivity contribution in [3.8, 4) is 0 Å². The van der Waals surface area contributed by atoms with E-state index in [0.29, 0.717) is 5.41 Å². The summed E-state index contributed by atoms with van der Waals surface area (Å²) >= 11 is 0. The van der Waals surface area contributed by atoms with Gasteiger partial charge in [-0.2, -0.15) is 0 Å². The Morgan fingerprint density at radius 3 is 2.73 bits per heavy atom. The maximum Gasteiger partial charge on any atom is 0.0535 e. The highest BCUT2D eigenvalue weighted by molar-refractivity contribution is 4.85. The summed E-state index contributed by atoms with van der Waals surface area (Å²) in [4.78, 5) is 0. The van der Waals surface area contributed by atoms with Crippen LogP contribution in [0.1, 0.15) is 46.5 Å². The minimum atomic E-state index is 0.449. The average Bonchev–Trinajstić information content (AvgIpc) is 2.64. The topological polar surface area (TPSA) is 21.3 Å². The van der Waals surface area contributed by atoms with Crippen LogP contribution in [-0.4, -0.2) is 26.3 Å². The van der Waals surface area contributed by atoms with Gasteiger partial charge in [-0.1, -0.05) is 33.6 Å². The first-order valence-electron chi connectivity index (χ1n) is 6.47. The van der Waals surface area contributed by atoms with Crippen molar-refractivity contribution in [2.45, 2.75) is 46.5 Å². The molecule has 1 N–H and O–H groups in total. The molecule has 0 spiro atoms. The molecule has 2 nitrogen and oxygen atoms in total. The molecule has 1 aliphatic heterocycles. The molecule has 0 aromatic heterocycles. The number of hydrogen-bond donors (Lipinski definition) is 1. The smallest absolute Gasteiger partial charge is 0.0535 e. The van der Waals surface area contributed by atoms with Crippen LogP contribution in [0.15, 0.2) is 0 Å². The van der Waals surface area contributed by atoms with Gasteiger partial charge in [-0.05, 0) is 25.3 Å². The number of unbranched alkanes of at least 4 members (excludes halogenated alkanes) is 1.